The molecule has 5 rings (SSSR count). The van der Waals surface area contributed by atoms with E-state index < -0.39 is 44.7 Å². The highest BCUT2D eigenvalue weighted by Gasteiger charge is 2.61. The van der Waals surface area contributed by atoms with Crippen molar-refractivity contribution in [2.75, 3.05) is 13.2 Å². The maximum absolute atomic E-state index is 12.9. The first-order valence-corrected chi connectivity index (χ1v) is 10.8. The SMILES string of the molecule is O=C(CC(=O)C12CC3CC(CC(OCC4CO4)(C3)C1)C2)NS(=O)(=O)C(F)(F)F. The van der Waals surface area contributed by atoms with Crippen LogP contribution in [0.2, 0.25) is 0 Å². The van der Waals surface area contributed by atoms with Crippen molar-refractivity contribution in [3.63, 3.8) is 0 Å². The number of sulfonamides is 1. The molecule has 3 unspecified atom stereocenters. The summed E-state index contributed by atoms with van der Waals surface area (Å²) in [6.07, 6.45) is 3.43. The highest BCUT2D eigenvalue weighted by atomic mass is 32.2. The first-order valence-electron chi connectivity index (χ1n) is 9.33. The maximum Gasteiger partial charge on any atom is 0.516 e. The van der Waals surface area contributed by atoms with E-state index in [1.807, 2.05) is 0 Å². The number of epoxide rings is 1. The average molecular weight is 425 g/mol. The molecule has 5 aliphatic rings. The van der Waals surface area contributed by atoms with Gasteiger partial charge in [-0.1, -0.05) is 0 Å². The van der Waals surface area contributed by atoms with Gasteiger partial charge in [0.15, 0.2) is 0 Å². The van der Waals surface area contributed by atoms with E-state index in [1.165, 1.54) is 0 Å². The van der Waals surface area contributed by atoms with E-state index in [1.54, 1.807) is 0 Å². The van der Waals surface area contributed by atoms with E-state index in [0.29, 0.717) is 32.5 Å². The fourth-order valence-corrected chi connectivity index (χ4v) is 6.17. The van der Waals surface area contributed by atoms with E-state index in [0.717, 1.165) is 24.0 Å². The summed E-state index contributed by atoms with van der Waals surface area (Å²) >= 11 is 0. The number of hydrogen-bond acceptors (Lipinski definition) is 6. The zero-order valence-corrected chi connectivity index (χ0v) is 15.9. The van der Waals surface area contributed by atoms with Gasteiger partial charge in [-0.25, -0.2) is 4.72 Å². The summed E-state index contributed by atoms with van der Waals surface area (Å²) in [5.74, 6) is -1.40. The summed E-state index contributed by atoms with van der Waals surface area (Å²) < 4.78 is 71.8. The lowest BCUT2D eigenvalue weighted by atomic mass is 9.46. The van der Waals surface area contributed by atoms with E-state index >= 15 is 0 Å². The Balaban J connectivity index is 1.45. The molecule has 4 aliphatic carbocycles. The van der Waals surface area contributed by atoms with Crippen LogP contribution in [0.3, 0.4) is 0 Å². The van der Waals surface area contributed by atoms with Gasteiger partial charge in [0.25, 0.3) is 0 Å². The van der Waals surface area contributed by atoms with Crippen molar-refractivity contribution < 1.29 is 40.7 Å². The Hall–Kier alpha value is -1.20. The lowest BCUT2D eigenvalue weighted by molar-refractivity contribution is -0.197. The molecule has 1 aliphatic heterocycles. The Morgan fingerprint density at radius 1 is 1.14 bits per heavy atom. The van der Waals surface area contributed by atoms with Gasteiger partial charge in [-0.15, -0.1) is 0 Å². The number of carbonyl (C=O) groups excluding carboxylic acids is 2. The molecule has 4 bridgehead atoms. The lowest BCUT2D eigenvalue weighted by Gasteiger charge is -2.61. The number of rotatable bonds is 7. The third-order valence-electron chi connectivity index (χ3n) is 6.45. The average Bonchev–Trinajstić information content (AvgIpc) is 3.34. The normalized spacial score (nSPS) is 39.0. The summed E-state index contributed by atoms with van der Waals surface area (Å²) in [5, 5.41) is 0. The van der Waals surface area contributed by atoms with Gasteiger partial charge in [-0.3, -0.25) is 9.59 Å². The predicted molar refractivity (Wildman–Crippen MR) is 88.3 cm³/mol. The number of halogens is 3. The molecule has 11 heteroatoms. The summed E-state index contributed by atoms with van der Waals surface area (Å²) in [7, 11) is -5.81. The number of carbonyl (C=O) groups is 2. The number of hydrogen-bond donors (Lipinski definition) is 1. The molecule has 0 aromatic heterocycles. The Kier molecular flexibility index (Phi) is 4.59. The number of amides is 1. The lowest BCUT2D eigenvalue weighted by Crippen LogP contribution is -2.59. The maximum atomic E-state index is 12.9. The van der Waals surface area contributed by atoms with Gasteiger partial charge in [0.1, 0.15) is 11.9 Å². The van der Waals surface area contributed by atoms with Gasteiger partial charge < -0.3 is 9.47 Å². The van der Waals surface area contributed by atoms with E-state index in [9.17, 15) is 31.2 Å². The van der Waals surface area contributed by atoms with Gasteiger partial charge in [0.2, 0.25) is 5.91 Å². The van der Waals surface area contributed by atoms with Crippen LogP contribution in [-0.2, 0) is 29.1 Å². The van der Waals surface area contributed by atoms with Gasteiger partial charge >= 0.3 is 15.5 Å². The number of ether oxygens (including phenoxy) is 2. The van der Waals surface area contributed by atoms with Crippen LogP contribution in [-0.4, -0.2) is 50.5 Å². The van der Waals surface area contributed by atoms with Crippen LogP contribution in [0.4, 0.5) is 13.2 Å². The van der Waals surface area contributed by atoms with Crippen LogP contribution in [0.1, 0.15) is 44.9 Å². The second-order valence-electron chi connectivity index (χ2n) is 8.77. The predicted octanol–water partition coefficient (Wildman–Crippen LogP) is 1.67. The topological polar surface area (TPSA) is 102 Å². The Morgan fingerprint density at radius 3 is 2.29 bits per heavy atom. The second-order valence-corrected chi connectivity index (χ2v) is 10.4. The van der Waals surface area contributed by atoms with Crippen molar-refractivity contribution in [2.24, 2.45) is 17.3 Å². The quantitative estimate of drug-likeness (QED) is 0.492. The van der Waals surface area contributed by atoms with Crippen molar-refractivity contribution in [1.82, 2.24) is 4.72 Å². The van der Waals surface area contributed by atoms with Gasteiger partial charge in [-0.2, -0.15) is 21.6 Å². The second kappa shape index (κ2) is 6.40. The molecule has 1 N–H and O–H groups in total. The first kappa shape index (κ1) is 20.1. The van der Waals surface area contributed by atoms with Crippen LogP contribution in [0.5, 0.6) is 0 Å². The number of alkyl halides is 3. The van der Waals surface area contributed by atoms with E-state index in [4.69, 9.17) is 9.47 Å². The molecule has 5 fully saturated rings. The van der Waals surface area contributed by atoms with Crippen LogP contribution in [0, 0.1) is 17.3 Å². The minimum absolute atomic E-state index is 0.0815. The molecule has 4 saturated carbocycles. The first-order chi connectivity index (χ1) is 12.9. The zero-order valence-electron chi connectivity index (χ0n) is 15.1. The monoisotopic (exact) mass is 425 g/mol. The van der Waals surface area contributed by atoms with Crippen LogP contribution in [0.25, 0.3) is 0 Å². The van der Waals surface area contributed by atoms with Gasteiger partial charge in [0.05, 0.1) is 25.2 Å². The Labute approximate surface area is 160 Å². The molecule has 1 heterocycles. The Bertz CT molecular complexity index is 777. The fraction of sp³-hybridized carbons (Fsp3) is 0.882. The molecule has 28 heavy (non-hydrogen) atoms. The smallest absolute Gasteiger partial charge is 0.372 e. The fourth-order valence-electron chi connectivity index (χ4n) is 5.68. The summed E-state index contributed by atoms with van der Waals surface area (Å²) in [5.41, 5.74) is -6.89. The molecular weight excluding hydrogens is 403 g/mol. The standard InChI is InChI=1S/C17H22F3NO6S/c18-17(19,20)28(24,25)21-14(23)2-13(22)15-3-10-1-11(4-15)6-16(5-10,9-15)27-8-12-7-26-12/h10-12H,1-9H2,(H,21,23). The molecule has 0 radical (unpaired) electrons. The number of ketones is 1. The van der Waals surface area contributed by atoms with E-state index in [-0.39, 0.29) is 17.9 Å². The molecule has 158 valence electrons. The minimum Gasteiger partial charge on any atom is -0.372 e. The zero-order chi connectivity index (χ0) is 20.4. The van der Waals surface area contributed by atoms with Gasteiger partial charge in [-0.05, 0) is 50.4 Å². The van der Waals surface area contributed by atoms with Crippen LogP contribution < -0.4 is 4.72 Å². The third-order valence-corrected chi connectivity index (χ3v) is 7.56. The summed E-state index contributed by atoms with van der Waals surface area (Å²) in [6, 6.07) is 0. The van der Waals surface area contributed by atoms with Crippen LogP contribution >= 0.6 is 0 Å². The molecule has 3 atom stereocenters. The molecular formula is C17H22F3NO6S. The van der Waals surface area contributed by atoms with Crippen molar-refractivity contribution in [3.05, 3.63) is 0 Å². The van der Waals surface area contributed by atoms with Crippen molar-refractivity contribution >= 4 is 21.7 Å². The van der Waals surface area contributed by atoms with Crippen LogP contribution in [0.15, 0.2) is 0 Å². The molecule has 7 nitrogen and oxygen atoms in total. The van der Waals surface area contributed by atoms with Crippen molar-refractivity contribution in [3.8, 4) is 0 Å². The number of nitrogens with one attached hydrogen (secondary N) is 1. The third kappa shape index (κ3) is 3.68. The highest BCUT2D eigenvalue weighted by molar-refractivity contribution is 7.90. The molecule has 1 amide bonds. The molecule has 1 saturated heterocycles. The molecule has 0 aromatic carbocycles. The number of Topliss-reactive ketones (excluding diaryl/α,β-unsaturated/α-hetero) is 1. The summed E-state index contributed by atoms with van der Waals surface area (Å²) in [4.78, 5) is 24.8. The summed E-state index contributed by atoms with van der Waals surface area (Å²) in [6.45, 7) is 1.11. The van der Waals surface area contributed by atoms with Crippen molar-refractivity contribution in [1.29, 1.82) is 0 Å². The van der Waals surface area contributed by atoms with Crippen molar-refractivity contribution in [2.45, 2.75) is 62.2 Å². The largest absolute Gasteiger partial charge is 0.516 e. The minimum atomic E-state index is -5.81. The van der Waals surface area contributed by atoms with E-state index in [2.05, 4.69) is 0 Å². The molecule has 0 aromatic rings. The van der Waals surface area contributed by atoms with Gasteiger partial charge in [0, 0.05) is 5.41 Å². The Morgan fingerprint density at radius 2 is 1.75 bits per heavy atom. The highest BCUT2D eigenvalue weighted by Crippen LogP contribution is 2.63. The molecule has 0 spiro atoms.